The standard InChI is InChI=1S/C20H23NO2/c1-15(13-20(22)23)12-16-8-10-17(11-9-16)19-7-5-4-6-18(19)14-21(2)3/h4-11,13H,12,14H2,1-3H3,(H,22,23)/b15-13+. The highest BCUT2D eigenvalue weighted by Crippen LogP contribution is 2.25. The molecule has 0 atom stereocenters. The normalized spacial score (nSPS) is 11.7. The number of hydrogen-bond acceptors (Lipinski definition) is 2. The molecule has 0 fully saturated rings. The second-order valence-electron chi connectivity index (χ2n) is 6.10. The minimum absolute atomic E-state index is 0.659. The number of carbonyl (C=O) groups is 1. The first-order chi connectivity index (χ1) is 11.0. The Bertz CT molecular complexity index is 700. The van der Waals surface area contributed by atoms with Gasteiger partial charge in [0.1, 0.15) is 0 Å². The number of carboxylic acids is 1. The predicted octanol–water partition coefficient (Wildman–Crippen LogP) is 3.99. The lowest BCUT2D eigenvalue weighted by Gasteiger charge is -2.14. The van der Waals surface area contributed by atoms with E-state index in [0.717, 1.165) is 17.7 Å². The van der Waals surface area contributed by atoms with Gasteiger partial charge in [-0.05, 0) is 49.7 Å². The number of nitrogens with zero attached hydrogens (tertiary/aromatic N) is 1. The fourth-order valence-electron chi connectivity index (χ4n) is 2.67. The molecule has 3 nitrogen and oxygen atoms in total. The van der Waals surface area contributed by atoms with E-state index in [2.05, 4.69) is 67.5 Å². The summed E-state index contributed by atoms with van der Waals surface area (Å²) in [4.78, 5) is 12.8. The average molecular weight is 309 g/mol. The highest BCUT2D eigenvalue weighted by atomic mass is 16.4. The maximum absolute atomic E-state index is 10.7. The van der Waals surface area contributed by atoms with Crippen molar-refractivity contribution in [2.75, 3.05) is 14.1 Å². The molecule has 0 heterocycles. The van der Waals surface area contributed by atoms with Gasteiger partial charge in [0.2, 0.25) is 0 Å². The Kier molecular flexibility index (Phi) is 5.72. The molecule has 120 valence electrons. The van der Waals surface area contributed by atoms with Crippen LogP contribution < -0.4 is 0 Å². The highest BCUT2D eigenvalue weighted by Gasteiger charge is 2.06. The van der Waals surface area contributed by atoms with E-state index in [9.17, 15) is 4.79 Å². The van der Waals surface area contributed by atoms with Crippen LogP contribution in [0.3, 0.4) is 0 Å². The van der Waals surface area contributed by atoms with E-state index in [1.165, 1.54) is 22.8 Å². The van der Waals surface area contributed by atoms with Crippen LogP contribution in [0.2, 0.25) is 0 Å². The van der Waals surface area contributed by atoms with E-state index in [4.69, 9.17) is 5.11 Å². The van der Waals surface area contributed by atoms with Crippen LogP contribution in [0.5, 0.6) is 0 Å². The molecule has 0 saturated heterocycles. The Labute approximate surface area is 137 Å². The Morgan fingerprint density at radius 1 is 1.09 bits per heavy atom. The Balaban J connectivity index is 2.22. The van der Waals surface area contributed by atoms with Gasteiger partial charge < -0.3 is 10.0 Å². The van der Waals surface area contributed by atoms with Crippen molar-refractivity contribution in [2.45, 2.75) is 19.9 Å². The molecule has 0 aromatic heterocycles. The number of aliphatic carboxylic acids is 1. The van der Waals surface area contributed by atoms with Gasteiger partial charge >= 0.3 is 5.97 Å². The first-order valence-electron chi connectivity index (χ1n) is 7.68. The van der Waals surface area contributed by atoms with E-state index in [-0.39, 0.29) is 0 Å². The summed E-state index contributed by atoms with van der Waals surface area (Å²) in [5.74, 6) is -0.892. The molecule has 0 radical (unpaired) electrons. The van der Waals surface area contributed by atoms with Crippen LogP contribution in [-0.2, 0) is 17.8 Å². The first-order valence-corrected chi connectivity index (χ1v) is 7.68. The van der Waals surface area contributed by atoms with Gasteiger partial charge in [-0.2, -0.15) is 0 Å². The van der Waals surface area contributed by atoms with E-state index >= 15 is 0 Å². The van der Waals surface area contributed by atoms with Crippen molar-refractivity contribution in [1.29, 1.82) is 0 Å². The molecule has 3 heteroatoms. The molecule has 0 bridgehead atoms. The molecule has 0 aliphatic rings. The summed E-state index contributed by atoms with van der Waals surface area (Å²) in [5.41, 5.74) is 5.69. The number of benzene rings is 2. The quantitative estimate of drug-likeness (QED) is 0.820. The van der Waals surface area contributed by atoms with Crippen LogP contribution in [0, 0.1) is 0 Å². The van der Waals surface area contributed by atoms with Crippen LogP contribution in [0.25, 0.3) is 11.1 Å². The van der Waals surface area contributed by atoms with Crippen molar-refractivity contribution in [2.24, 2.45) is 0 Å². The van der Waals surface area contributed by atoms with Crippen molar-refractivity contribution in [1.82, 2.24) is 4.90 Å². The van der Waals surface area contributed by atoms with Gasteiger partial charge in [0.25, 0.3) is 0 Å². The zero-order valence-corrected chi connectivity index (χ0v) is 13.9. The van der Waals surface area contributed by atoms with Crippen molar-refractivity contribution in [3.8, 4) is 11.1 Å². The molecule has 2 aromatic rings. The van der Waals surface area contributed by atoms with Gasteiger partial charge in [0, 0.05) is 12.6 Å². The summed E-state index contributed by atoms with van der Waals surface area (Å²) in [5, 5.41) is 8.78. The van der Waals surface area contributed by atoms with Gasteiger partial charge in [-0.15, -0.1) is 0 Å². The third-order valence-electron chi connectivity index (χ3n) is 3.62. The van der Waals surface area contributed by atoms with E-state index in [1.807, 2.05) is 6.92 Å². The SMILES string of the molecule is C/C(=C\C(=O)O)Cc1ccc(-c2ccccc2CN(C)C)cc1. The van der Waals surface area contributed by atoms with Crippen LogP contribution in [0.1, 0.15) is 18.1 Å². The molecule has 0 aliphatic heterocycles. The summed E-state index contributed by atoms with van der Waals surface area (Å²) in [6, 6.07) is 16.8. The fraction of sp³-hybridized carbons (Fsp3) is 0.250. The molecule has 2 rings (SSSR count). The van der Waals surface area contributed by atoms with Crippen LogP contribution in [0.15, 0.2) is 60.2 Å². The monoisotopic (exact) mass is 309 g/mol. The Morgan fingerprint density at radius 3 is 2.35 bits per heavy atom. The Hall–Kier alpha value is -2.39. The summed E-state index contributed by atoms with van der Waals surface area (Å²) in [6.07, 6.45) is 1.92. The van der Waals surface area contributed by atoms with Crippen molar-refractivity contribution < 1.29 is 9.90 Å². The Morgan fingerprint density at radius 2 is 1.74 bits per heavy atom. The fourth-order valence-corrected chi connectivity index (χ4v) is 2.67. The molecule has 0 saturated carbocycles. The maximum Gasteiger partial charge on any atom is 0.328 e. The molecule has 0 spiro atoms. The first kappa shape index (κ1) is 17.0. The van der Waals surface area contributed by atoms with Gasteiger partial charge in [0.05, 0.1) is 0 Å². The van der Waals surface area contributed by atoms with Crippen LogP contribution in [0.4, 0.5) is 0 Å². The number of rotatable bonds is 6. The van der Waals surface area contributed by atoms with E-state index < -0.39 is 5.97 Å². The molecule has 0 aliphatic carbocycles. The van der Waals surface area contributed by atoms with Crippen LogP contribution in [-0.4, -0.2) is 30.1 Å². The third-order valence-corrected chi connectivity index (χ3v) is 3.62. The molecular formula is C20H23NO2. The second-order valence-corrected chi connectivity index (χ2v) is 6.10. The van der Waals surface area contributed by atoms with Gasteiger partial charge in [-0.3, -0.25) is 0 Å². The smallest absolute Gasteiger partial charge is 0.328 e. The minimum atomic E-state index is -0.892. The zero-order valence-electron chi connectivity index (χ0n) is 13.9. The third kappa shape index (κ3) is 5.08. The largest absolute Gasteiger partial charge is 0.478 e. The van der Waals surface area contributed by atoms with Gasteiger partial charge in [-0.1, -0.05) is 54.1 Å². The van der Waals surface area contributed by atoms with Crippen molar-refractivity contribution in [3.63, 3.8) is 0 Å². The number of allylic oxidation sites excluding steroid dienone is 1. The minimum Gasteiger partial charge on any atom is -0.478 e. The number of carboxylic acid groups (broad SMARTS) is 1. The maximum atomic E-state index is 10.7. The van der Waals surface area contributed by atoms with E-state index in [1.54, 1.807) is 0 Å². The van der Waals surface area contributed by atoms with Crippen molar-refractivity contribution in [3.05, 3.63) is 71.3 Å². The summed E-state index contributed by atoms with van der Waals surface area (Å²) in [6.45, 7) is 2.74. The van der Waals surface area contributed by atoms with Crippen molar-refractivity contribution >= 4 is 5.97 Å². The lowest BCUT2D eigenvalue weighted by molar-refractivity contribution is -0.131. The van der Waals surface area contributed by atoms with Gasteiger partial charge in [0.15, 0.2) is 0 Å². The predicted molar refractivity (Wildman–Crippen MR) is 94.4 cm³/mol. The highest BCUT2D eigenvalue weighted by molar-refractivity contribution is 5.80. The molecule has 2 aromatic carbocycles. The topological polar surface area (TPSA) is 40.5 Å². The second kappa shape index (κ2) is 7.75. The molecule has 0 unspecified atom stereocenters. The summed E-state index contributed by atoms with van der Waals surface area (Å²) in [7, 11) is 4.13. The number of hydrogen-bond donors (Lipinski definition) is 1. The summed E-state index contributed by atoms with van der Waals surface area (Å²) >= 11 is 0. The lowest BCUT2D eigenvalue weighted by atomic mass is 9.97. The average Bonchev–Trinajstić information content (AvgIpc) is 2.47. The summed E-state index contributed by atoms with van der Waals surface area (Å²) < 4.78 is 0. The van der Waals surface area contributed by atoms with Crippen LogP contribution >= 0.6 is 0 Å². The molecular weight excluding hydrogens is 286 g/mol. The zero-order chi connectivity index (χ0) is 16.8. The lowest BCUT2D eigenvalue weighted by Crippen LogP contribution is -2.11. The van der Waals surface area contributed by atoms with Gasteiger partial charge in [-0.25, -0.2) is 4.79 Å². The molecule has 0 amide bonds. The molecule has 1 N–H and O–H groups in total. The van der Waals surface area contributed by atoms with E-state index in [0.29, 0.717) is 6.42 Å². The molecule has 23 heavy (non-hydrogen) atoms.